The van der Waals surface area contributed by atoms with Crippen LogP contribution >= 0.6 is 11.8 Å². The van der Waals surface area contributed by atoms with E-state index in [1.807, 2.05) is 66.1 Å². The summed E-state index contributed by atoms with van der Waals surface area (Å²) in [5, 5.41) is 11.5. The van der Waals surface area contributed by atoms with E-state index in [9.17, 15) is 4.79 Å². The fraction of sp³-hybridized carbons (Fsp3) is 0.250. The predicted molar refractivity (Wildman–Crippen MR) is 105 cm³/mol. The van der Waals surface area contributed by atoms with Gasteiger partial charge >= 0.3 is 0 Å². The molecular weight excluding hydrogens is 344 g/mol. The molecule has 0 unspecified atom stereocenters. The number of carbonyl (C=O) groups is 1. The molecule has 1 amide bonds. The number of nitrogens with one attached hydrogen (secondary N) is 1. The number of amides is 1. The van der Waals surface area contributed by atoms with Crippen LogP contribution in [0.1, 0.15) is 36.3 Å². The summed E-state index contributed by atoms with van der Waals surface area (Å²) in [5.41, 5.74) is 2.87. The van der Waals surface area contributed by atoms with E-state index >= 15 is 0 Å². The Balaban J connectivity index is 1.87. The van der Waals surface area contributed by atoms with Crippen molar-refractivity contribution in [3.05, 3.63) is 72.1 Å². The van der Waals surface area contributed by atoms with E-state index in [2.05, 4.69) is 29.4 Å². The standard InChI is InChI=1S/C20H22N4OS/c1-14(2)24-13-21-23-20(24)26-18(16-7-5-4-6-8-16)19(25)22-17-11-9-15(3)10-12-17/h4-14,18H,1-3H3,(H,22,25)/t18-/m0/s1. The van der Waals surface area contributed by atoms with Gasteiger partial charge in [0.1, 0.15) is 11.6 Å². The second-order valence-corrected chi connectivity index (χ2v) is 7.45. The largest absolute Gasteiger partial charge is 0.325 e. The molecule has 3 aromatic rings. The van der Waals surface area contributed by atoms with Gasteiger partial charge < -0.3 is 9.88 Å². The fourth-order valence-electron chi connectivity index (χ4n) is 2.52. The Morgan fingerprint density at radius 2 is 1.77 bits per heavy atom. The van der Waals surface area contributed by atoms with Crippen molar-refractivity contribution in [3.8, 4) is 0 Å². The van der Waals surface area contributed by atoms with Crippen LogP contribution in [0.25, 0.3) is 0 Å². The predicted octanol–water partition coefficient (Wildman–Crippen LogP) is 4.64. The monoisotopic (exact) mass is 366 g/mol. The third-order valence-electron chi connectivity index (χ3n) is 3.98. The summed E-state index contributed by atoms with van der Waals surface area (Å²) in [6.45, 7) is 6.15. The number of benzene rings is 2. The average molecular weight is 366 g/mol. The highest BCUT2D eigenvalue weighted by atomic mass is 32.2. The first-order valence-corrected chi connectivity index (χ1v) is 9.41. The third-order valence-corrected chi connectivity index (χ3v) is 5.20. The molecule has 2 aromatic carbocycles. The Morgan fingerprint density at radius 1 is 1.08 bits per heavy atom. The second-order valence-electron chi connectivity index (χ2n) is 6.38. The molecule has 26 heavy (non-hydrogen) atoms. The average Bonchev–Trinajstić information content (AvgIpc) is 3.11. The molecule has 0 spiro atoms. The number of carbonyl (C=O) groups excluding carboxylic acids is 1. The van der Waals surface area contributed by atoms with Crippen LogP contribution in [0.5, 0.6) is 0 Å². The first kappa shape index (κ1) is 18.2. The smallest absolute Gasteiger partial charge is 0.242 e. The van der Waals surface area contributed by atoms with Crippen LogP contribution in [0.15, 0.2) is 66.1 Å². The van der Waals surface area contributed by atoms with Gasteiger partial charge in [-0.3, -0.25) is 4.79 Å². The van der Waals surface area contributed by atoms with Gasteiger partial charge in [0.2, 0.25) is 5.91 Å². The summed E-state index contributed by atoms with van der Waals surface area (Å²) in [6, 6.07) is 17.8. The summed E-state index contributed by atoms with van der Waals surface area (Å²) in [7, 11) is 0. The molecule has 0 fully saturated rings. The van der Waals surface area contributed by atoms with Crippen LogP contribution in [0.4, 0.5) is 5.69 Å². The molecule has 0 bridgehead atoms. The normalized spacial score (nSPS) is 12.2. The minimum Gasteiger partial charge on any atom is -0.325 e. The molecule has 0 aliphatic rings. The Hall–Kier alpha value is -2.60. The lowest BCUT2D eigenvalue weighted by molar-refractivity contribution is -0.115. The van der Waals surface area contributed by atoms with E-state index < -0.39 is 5.25 Å². The number of rotatable bonds is 6. The van der Waals surface area contributed by atoms with Crippen molar-refractivity contribution in [1.29, 1.82) is 0 Å². The second kappa shape index (κ2) is 8.19. The molecule has 5 nitrogen and oxygen atoms in total. The maximum absolute atomic E-state index is 13.0. The van der Waals surface area contributed by atoms with Crippen molar-refractivity contribution >= 4 is 23.4 Å². The Kier molecular flexibility index (Phi) is 5.73. The lowest BCUT2D eigenvalue weighted by atomic mass is 10.1. The number of hydrogen-bond donors (Lipinski definition) is 1. The Bertz CT molecular complexity index is 859. The lowest BCUT2D eigenvalue weighted by Crippen LogP contribution is -2.19. The lowest BCUT2D eigenvalue weighted by Gasteiger charge is -2.18. The zero-order valence-corrected chi connectivity index (χ0v) is 15.9. The summed E-state index contributed by atoms with van der Waals surface area (Å²) in [6.07, 6.45) is 1.70. The Morgan fingerprint density at radius 3 is 2.42 bits per heavy atom. The highest BCUT2D eigenvalue weighted by molar-refractivity contribution is 8.00. The molecule has 0 saturated heterocycles. The highest BCUT2D eigenvalue weighted by Crippen LogP contribution is 2.36. The molecule has 0 saturated carbocycles. The van der Waals surface area contributed by atoms with Crippen LogP contribution in [0, 0.1) is 6.92 Å². The van der Waals surface area contributed by atoms with E-state index in [-0.39, 0.29) is 11.9 Å². The molecule has 1 N–H and O–H groups in total. The zero-order chi connectivity index (χ0) is 18.5. The minimum absolute atomic E-state index is 0.0802. The van der Waals surface area contributed by atoms with Gasteiger partial charge in [-0.2, -0.15) is 0 Å². The van der Waals surface area contributed by atoms with Gasteiger partial charge in [-0.05, 0) is 38.5 Å². The third kappa shape index (κ3) is 4.32. The van der Waals surface area contributed by atoms with Gasteiger partial charge in [-0.25, -0.2) is 0 Å². The van der Waals surface area contributed by atoms with Crippen LogP contribution in [-0.4, -0.2) is 20.7 Å². The molecular formula is C20H22N4OS. The topological polar surface area (TPSA) is 59.8 Å². The van der Waals surface area contributed by atoms with Crippen LogP contribution in [-0.2, 0) is 4.79 Å². The molecule has 3 rings (SSSR count). The molecule has 1 atom stereocenters. The van der Waals surface area contributed by atoms with Gasteiger partial charge in [-0.1, -0.05) is 59.8 Å². The number of anilines is 1. The number of aromatic nitrogens is 3. The summed E-state index contributed by atoms with van der Waals surface area (Å²) in [5.74, 6) is -0.0802. The van der Waals surface area contributed by atoms with Gasteiger partial charge in [0.15, 0.2) is 5.16 Å². The van der Waals surface area contributed by atoms with Crippen LogP contribution in [0.3, 0.4) is 0 Å². The van der Waals surface area contributed by atoms with Crippen molar-refractivity contribution < 1.29 is 4.79 Å². The highest BCUT2D eigenvalue weighted by Gasteiger charge is 2.25. The number of thioether (sulfide) groups is 1. The molecule has 1 heterocycles. The fourth-order valence-corrected chi connectivity index (χ4v) is 3.67. The van der Waals surface area contributed by atoms with Gasteiger partial charge in [0, 0.05) is 11.7 Å². The molecule has 0 aliphatic carbocycles. The van der Waals surface area contributed by atoms with E-state index in [1.165, 1.54) is 11.8 Å². The first-order chi connectivity index (χ1) is 12.5. The summed E-state index contributed by atoms with van der Waals surface area (Å²) in [4.78, 5) is 13.0. The van der Waals surface area contributed by atoms with Gasteiger partial charge in [-0.15, -0.1) is 10.2 Å². The van der Waals surface area contributed by atoms with E-state index in [1.54, 1.807) is 6.33 Å². The molecule has 0 radical (unpaired) electrons. The maximum Gasteiger partial charge on any atom is 0.242 e. The quantitative estimate of drug-likeness (QED) is 0.646. The van der Waals surface area contributed by atoms with E-state index in [0.717, 1.165) is 22.0 Å². The Labute approximate surface area is 157 Å². The van der Waals surface area contributed by atoms with Gasteiger partial charge in [0.05, 0.1) is 0 Å². The molecule has 134 valence electrons. The SMILES string of the molecule is Cc1ccc(NC(=O)[C@@H](Sc2nncn2C(C)C)c2ccccc2)cc1. The minimum atomic E-state index is -0.417. The van der Waals surface area contributed by atoms with Crippen molar-refractivity contribution in [1.82, 2.24) is 14.8 Å². The van der Waals surface area contributed by atoms with E-state index in [0.29, 0.717) is 0 Å². The summed E-state index contributed by atoms with van der Waals surface area (Å²) >= 11 is 1.41. The maximum atomic E-state index is 13.0. The van der Waals surface area contributed by atoms with Crippen molar-refractivity contribution in [3.63, 3.8) is 0 Å². The van der Waals surface area contributed by atoms with E-state index in [4.69, 9.17) is 0 Å². The molecule has 0 aliphatic heterocycles. The summed E-state index contributed by atoms with van der Waals surface area (Å²) < 4.78 is 1.97. The van der Waals surface area contributed by atoms with Crippen LogP contribution < -0.4 is 5.32 Å². The van der Waals surface area contributed by atoms with Crippen molar-refractivity contribution in [2.75, 3.05) is 5.32 Å². The van der Waals surface area contributed by atoms with Crippen LogP contribution in [0.2, 0.25) is 0 Å². The van der Waals surface area contributed by atoms with Gasteiger partial charge in [0.25, 0.3) is 0 Å². The number of hydrogen-bond acceptors (Lipinski definition) is 4. The van der Waals surface area contributed by atoms with Crippen molar-refractivity contribution in [2.24, 2.45) is 0 Å². The molecule has 1 aromatic heterocycles. The van der Waals surface area contributed by atoms with Crippen molar-refractivity contribution in [2.45, 2.75) is 37.2 Å². The number of nitrogens with zero attached hydrogens (tertiary/aromatic N) is 3. The first-order valence-electron chi connectivity index (χ1n) is 8.53. The zero-order valence-electron chi connectivity index (χ0n) is 15.1. The molecule has 6 heteroatoms. The number of aryl methyl sites for hydroxylation is 1.